The number of nitrogens with one attached hydrogen (secondary N) is 1. The van der Waals surface area contributed by atoms with Crippen molar-refractivity contribution in [1.82, 2.24) is 5.32 Å². The Labute approximate surface area is 83.4 Å². The van der Waals surface area contributed by atoms with Crippen LogP contribution in [0.4, 0.5) is 0 Å². The van der Waals surface area contributed by atoms with Gasteiger partial charge < -0.3 is 4.74 Å². The summed E-state index contributed by atoms with van der Waals surface area (Å²) in [6.45, 7) is 3.24. The van der Waals surface area contributed by atoms with E-state index in [9.17, 15) is 4.79 Å². The molecule has 0 fully saturated rings. The average molecular weight is 191 g/mol. The molecule has 0 saturated carbocycles. The van der Waals surface area contributed by atoms with Crippen molar-refractivity contribution in [3.05, 3.63) is 42.3 Å². The number of allylic oxidation sites excluding steroid dienone is 1. The normalized spacial score (nSPS) is 10.9. The third-order valence-corrected chi connectivity index (χ3v) is 1.53. The van der Waals surface area contributed by atoms with Crippen LogP contribution in [-0.2, 0) is 4.79 Å². The second kappa shape index (κ2) is 5.07. The lowest BCUT2D eigenvalue weighted by Crippen LogP contribution is -2.22. The Morgan fingerprint density at radius 2 is 2.00 bits per heavy atom. The Hall–Kier alpha value is -1.77. The standard InChI is InChI=1S/C11H13NO2/c1-3-11(12-9(2)13)14-10-7-5-4-6-8-10/h3-8H,1-2H3,(H,12,13). The Morgan fingerprint density at radius 3 is 2.50 bits per heavy atom. The number of carbonyl (C=O) groups is 1. The third-order valence-electron chi connectivity index (χ3n) is 1.53. The molecule has 0 aliphatic carbocycles. The van der Waals surface area contributed by atoms with Gasteiger partial charge in [0, 0.05) is 6.92 Å². The van der Waals surface area contributed by atoms with Crippen LogP contribution in [0.25, 0.3) is 0 Å². The van der Waals surface area contributed by atoms with Gasteiger partial charge in [-0.2, -0.15) is 0 Å². The fourth-order valence-electron chi connectivity index (χ4n) is 0.946. The summed E-state index contributed by atoms with van der Waals surface area (Å²) in [5.41, 5.74) is 0. The zero-order chi connectivity index (χ0) is 10.4. The molecule has 0 saturated heterocycles. The molecule has 0 aliphatic heterocycles. The van der Waals surface area contributed by atoms with Crippen LogP contribution in [0.5, 0.6) is 5.75 Å². The van der Waals surface area contributed by atoms with Crippen LogP contribution in [0.1, 0.15) is 13.8 Å². The molecule has 1 aromatic rings. The lowest BCUT2D eigenvalue weighted by molar-refractivity contribution is -0.118. The number of rotatable bonds is 3. The molecule has 3 nitrogen and oxygen atoms in total. The molecular weight excluding hydrogens is 178 g/mol. The van der Waals surface area contributed by atoms with Crippen LogP contribution in [0, 0.1) is 0 Å². The fraction of sp³-hybridized carbons (Fsp3) is 0.182. The van der Waals surface area contributed by atoms with Gasteiger partial charge in [-0.1, -0.05) is 18.2 Å². The monoisotopic (exact) mass is 191 g/mol. The van der Waals surface area contributed by atoms with Gasteiger partial charge in [-0.05, 0) is 25.1 Å². The van der Waals surface area contributed by atoms with Crippen molar-refractivity contribution in [3.8, 4) is 5.75 Å². The maximum atomic E-state index is 10.8. The summed E-state index contributed by atoms with van der Waals surface area (Å²) in [6.07, 6.45) is 1.70. The first-order valence-corrected chi connectivity index (χ1v) is 4.39. The number of benzene rings is 1. The molecule has 0 aromatic heterocycles. The van der Waals surface area contributed by atoms with Crippen molar-refractivity contribution in [1.29, 1.82) is 0 Å². The number of ether oxygens (including phenoxy) is 1. The highest BCUT2D eigenvalue weighted by atomic mass is 16.5. The molecule has 0 aliphatic rings. The smallest absolute Gasteiger partial charge is 0.223 e. The highest BCUT2D eigenvalue weighted by molar-refractivity contribution is 5.74. The molecule has 0 unspecified atom stereocenters. The molecule has 3 heteroatoms. The Kier molecular flexibility index (Phi) is 3.73. The van der Waals surface area contributed by atoms with Gasteiger partial charge >= 0.3 is 0 Å². The Morgan fingerprint density at radius 1 is 1.36 bits per heavy atom. The summed E-state index contributed by atoms with van der Waals surface area (Å²) in [4.78, 5) is 10.8. The summed E-state index contributed by atoms with van der Waals surface area (Å²) >= 11 is 0. The Balaban J connectivity index is 2.63. The van der Waals surface area contributed by atoms with E-state index in [-0.39, 0.29) is 5.91 Å². The minimum atomic E-state index is -0.144. The molecule has 0 radical (unpaired) electrons. The minimum absolute atomic E-state index is 0.144. The van der Waals surface area contributed by atoms with Crippen molar-refractivity contribution in [2.45, 2.75) is 13.8 Å². The van der Waals surface area contributed by atoms with E-state index in [2.05, 4.69) is 5.32 Å². The molecule has 1 amide bonds. The van der Waals surface area contributed by atoms with Crippen LogP contribution in [0.15, 0.2) is 42.3 Å². The highest BCUT2D eigenvalue weighted by Crippen LogP contribution is 2.11. The van der Waals surface area contributed by atoms with Gasteiger partial charge in [0.1, 0.15) is 5.75 Å². The van der Waals surface area contributed by atoms with Gasteiger partial charge in [-0.25, -0.2) is 0 Å². The van der Waals surface area contributed by atoms with E-state index >= 15 is 0 Å². The van der Waals surface area contributed by atoms with Crippen LogP contribution in [-0.4, -0.2) is 5.91 Å². The van der Waals surface area contributed by atoms with E-state index in [4.69, 9.17) is 4.74 Å². The molecule has 0 spiro atoms. The van der Waals surface area contributed by atoms with E-state index in [0.29, 0.717) is 11.6 Å². The van der Waals surface area contributed by atoms with Gasteiger partial charge in [0.05, 0.1) is 0 Å². The SMILES string of the molecule is CC=C(NC(C)=O)Oc1ccccc1. The van der Waals surface area contributed by atoms with Crippen LogP contribution < -0.4 is 10.1 Å². The van der Waals surface area contributed by atoms with Crippen molar-refractivity contribution in [2.75, 3.05) is 0 Å². The van der Waals surface area contributed by atoms with Crippen LogP contribution in [0.3, 0.4) is 0 Å². The van der Waals surface area contributed by atoms with Gasteiger partial charge in [0.25, 0.3) is 0 Å². The number of hydrogen-bond donors (Lipinski definition) is 1. The van der Waals surface area contributed by atoms with Crippen LogP contribution >= 0.6 is 0 Å². The molecule has 1 rings (SSSR count). The van der Waals surface area contributed by atoms with Crippen molar-refractivity contribution in [2.24, 2.45) is 0 Å². The molecule has 74 valence electrons. The van der Waals surface area contributed by atoms with Crippen molar-refractivity contribution in [3.63, 3.8) is 0 Å². The fourth-order valence-corrected chi connectivity index (χ4v) is 0.946. The maximum absolute atomic E-state index is 10.8. The first-order valence-electron chi connectivity index (χ1n) is 4.39. The van der Waals surface area contributed by atoms with E-state index in [1.165, 1.54) is 6.92 Å². The molecule has 0 atom stereocenters. The van der Waals surface area contributed by atoms with Crippen molar-refractivity contribution < 1.29 is 9.53 Å². The van der Waals surface area contributed by atoms with Gasteiger partial charge in [-0.3, -0.25) is 10.1 Å². The number of hydrogen-bond acceptors (Lipinski definition) is 2. The molecular formula is C11H13NO2. The largest absolute Gasteiger partial charge is 0.441 e. The first kappa shape index (κ1) is 10.3. The lowest BCUT2D eigenvalue weighted by Gasteiger charge is -2.09. The summed E-state index contributed by atoms with van der Waals surface area (Å²) in [5, 5.41) is 2.58. The summed E-state index contributed by atoms with van der Waals surface area (Å²) in [7, 11) is 0. The van der Waals surface area contributed by atoms with Crippen molar-refractivity contribution >= 4 is 5.91 Å². The lowest BCUT2D eigenvalue weighted by atomic mass is 10.3. The predicted molar refractivity (Wildman–Crippen MR) is 54.6 cm³/mol. The third kappa shape index (κ3) is 3.31. The molecule has 14 heavy (non-hydrogen) atoms. The van der Waals surface area contributed by atoms with Gasteiger partial charge in [0.15, 0.2) is 5.88 Å². The topological polar surface area (TPSA) is 38.3 Å². The summed E-state index contributed by atoms with van der Waals surface area (Å²) < 4.78 is 5.40. The van der Waals surface area contributed by atoms with Gasteiger partial charge in [-0.15, -0.1) is 0 Å². The quantitative estimate of drug-likeness (QED) is 0.743. The van der Waals surface area contributed by atoms with E-state index in [0.717, 1.165) is 0 Å². The summed E-state index contributed by atoms with van der Waals surface area (Å²) in [6, 6.07) is 9.30. The van der Waals surface area contributed by atoms with Crippen LogP contribution in [0.2, 0.25) is 0 Å². The Bertz CT molecular complexity index is 330. The predicted octanol–water partition coefficient (Wildman–Crippen LogP) is 2.06. The second-order valence-electron chi connectivity index (χ2n) is 2.75. The zero-order valence-electron chi connectivity index (χ0n) is 8.28. The molecule has 0 bridgehead atoms. The van der Waals surface area contributed by atoms with E-state index < -0.39 is 0 Å². The number of para-hydroxylation sites is 1. The first-order chi connectivity index (χ1) is 6.72. The van der Waals surface area contributed by atoms with Gasteiger partial charge in [0.2, 0.25) is 5.91 Å². The summed E-state index contributed by atoms with van der Waals surface area (Å²) in [5.74, 6) is 1.01. The zero-order valence-corrected chi connectivity index (χ0v) is 8.28. The maximum Gasteiger partial charge on any atom is 0.223 e. The molecule has 0 heterocycles. The minimum Gasteiger partial charge on any atom is -0.441 e. The average Bonchev–Trinajstić information content (AvgIpc) is 2.17. The number of amides is 1. The van der Waals surface area contributed by atoms with E-state index in [1.54, 1.807) is 13.0 Å². The number of carbonyl (C=O) groups excluding carboxylic acids is 1. The highest BCUT2D eigenvalue weighted by Gasteiger charge is 2.00. The van der Waals surface area contributed by atoms with E-state index in [1.807, 2.05) is 30.3 Å². The second-order valence-corrected chi connectivity index (χ2v) is 2.75. The molecule has 1 aromatic carbocycles. The molecule has 1 N–H and O–H groups in total.